The van der Waals surface area contributed by atoms with Gasteiger partial charge in [-0.2, -0.15) is 0 Å². The van der Waals surface area contributed by atoms with Crippen LogP contribution >= 0.6 is 0 Å². The lowest BCUT2D eigenvalue weighted by Gasteiger charge is -2.15. The molecule has 0 spiro atoms. The zero-order chi connectivity index (χ0) is 20.2. The Hall–Kier alpha value is -1.06. The van der Waals surface area contributed by atoms with Crippen LogP contribution in [0.2, 0.25) is 0 Å². The number of rotatable bonds is 19. The maximum atomic E-state index is 11.9. The summed E-state index contributed by atoms with van der Waals surface area (Å²) in [6, 6.07) is 0. The quantitative estimate of drug-likeness (QED) is 0.195. The number of nitrogens with zero attached hydrogens (tertiary/aromatic N) is 1. The van der Waals surface area contributed by atoms with E-state index < -0.39 is 0 Å². The number of unbranched alkanes of at least 4 members (excludes halogenated alkanes) is 14. The maximum Gasteiger partial charge on any atom is 0.325 e. The molecular formula is C23H45NO3. The molecule has 0 aromatic rings. The molecule has 0 aromatic heterocycles. The fraction of sp³-hybridized carbons (Fsp3) is 0.913. The summed E-state index contributed by atoms with van der Waals surface area (Å²) in [6.45, 7) is 4.47. The largest absolute Gasteiger partial charge is 0.465 e. The van der Waals surface area contributed by atoms with Gasteiger partial charge in [-0.05, 0) is 13.3 Å². The number of likely N-dealkylation sites (N-methyl/N-ethyl adjacent to an activating group) is 1. The summed E-state index contributed by atoms with van der Waals surface area (Å²) in [5, 5.41) is 0. The van der Waals surface area contributed by atoms with Crippen molar-refractivity contribution in [3.05, 3.63) is 0 Å². The molecular weight excluding hydrogens is 338 g/mol. The Labute approximate surface area is 168 Å². The van der Waals surface area contributed by atoms with Crippen LogP contribution < -0.4 is 0 Å². The average molecular weight is 384 g/mol. The molecule has 0 aliphatic carbocycles. The lowest BCUT2D eigenvalue weighted by molar-refractivity contribution is -0.148. The first kappa shape index (κ1) is 25.9. The third-order valence-corrected chi connectivity index (χ3v) is 5.09. The summed E-state index contributed by atoms with van der Waals surface area (Å²) in [5.41, 5.74) is 0. The molecule has 0 heterocycles. The second kappa shape index (κ2) is 19.7. The Balaban J connectivity index is 3.30. The van der Waals surface area contributed by atoms with Gasteiger partial charge in [0.15, 0.2) is 0 Å². The van der Waals surface area contributed by atoms with Gasteiger partial charge >= 0.3 is 5.97 Å². The van der Waals surface area contributed by atoms with E-state index in [1.807, 2.05) is 0 Å². The van der Waals surface area contributed by atoms with E-state index in [2.05, 4.69) is 6.92 Å². The summed E-state index contributed by atoms with van der Waals surface area (Å²) in [5.74, 6) is -0.289. The topological polar surface area (TPSA) is 46.6 Å². The maximum absolute atomic E-state index is 11.9. The fourth-order valence-electron chi connectivity index (χ4n) is 3.33. The molecule has 27 heavy (non-hydrogen) atoms. The van der Waals surface area contributed by atoms with Crippen LogP contribution in [0.25, 0.3) is 0 Å². The first-order valence-electron chi connectivity index (χ1n) is 11.5. The molecule has 0 aliphatic rings. The van der Waals surface area contributed by atoms with E-state index in [-0.39, 0.29) is 18.4 Å². The molecule has 0 fully saturated rings. The van der Waals surface area contributed by atoms with Gasteiger partial charge in [-0.25, -0.2) is 0 Å². The van der Waals surface area contributed by atoms with E-state index in [1.54, 1.807) is 14.0 Å². The molecule has 0 rings (SSSR count). The Morgan fingerprint density at radius 3 is 1.48 bits per heavy atom. The van der Waals surface area contributed by atoms with Crippen LogP contribution in [0.3, 0.4) is 0 Å². The normalized spacial score (nSPS) is 10.8. The number of carbonyl (C=O) groups is 2. The lowest BCUT2D eigenvalue weighted by atomic mass is 10.0. The highest BCUT2D eigenvalue weighted by Crippen LogP contribution is 2.13. The Morgan fingerprint density at radius 2 is 1.07 bits per heavy atom. The van der Waals surface area contributed by atoms with E-state index in [9.17, 15) is 9.59 Å². The van der Waals surface area contributed by atoms with Gasteiger partial charge < -0.3 is 9.64 Å². The zero-order valence-corrected chi connectivity index (χ0v) is 18.4. The van der Waals surface area contributed by atoms with Crippen LogP contribution in [0.4, 0.5) is 0 Å². The van der Waals surface area contributed by atoms with Gasteiger partial charge in [-0.1, -0.05) is 96.8 Å². The third kappa shape index (κ3) is 18.1. The molecule has 0 aromatic carbocycles. The number of ether oxygens (including phenoxy) is 1. The molecule has 4 nitrogen and oxygen atoms in total. The molecule has 0 bridgehead atoms. The van der Waals surface area contributed by atoms with Crippen LogP contribution in [0.5, 0.6) is 0 Å². The minimum Gasteiger partial charge on any atom is -0.465 e. The number of hydrogen-bond donors (Lipinski definition) is 0. The molecule has 0 saturated carbocycles. The Kier molecular flexibility index (Phi) is 18.9. The highest BCUT2D eigenvalue weighted by atomic mass is 16.5. The molecule has 4 heteroatoms. The van der Waals surface area contributed by atoms with Crippen molar-refractivity contribution in [2.24, 2.45) is 0 Å². The van der Waals surface area contributed by atoms with Crippen molar-refractivity contribution in [1.29, 1.82) is 0 Å². The first-order valence-corrected chi connectivity index (χ1v) is 11.5. The highest BCUT2D eigenvalue weighted by Gasteiger charge is 2.12. The van der Waals surface area contributed by atoms with E-state index in [0.29, 0.717) is 13.0 Å². The average Bonchev–Trinajstić information content (AvgIpc) is 2.64. The Morgan fingerprint density at radius 1 is 0.667 bits per heavy atom. The standard InChI is InChI=1S/C23H45NO3/c1-4-6-7-8-9-10-11-12-13-14-15-16-17-18-19-20-22(25)24(3)21-23(26)27-5-2/h4-21H2,1-3H3. The van der Waals surface area contributed by atoms with Crippen molar-refractivity contribution in [3.8, 4) is 0 Å². The van der Waals surface area contributed by atoms with E-state index in [0.717, 1.165) is 12.8 Å². The van der Waals surface area contributed by atoms with Crippen molar-refractivity contribution >= 4 is 11.9 Å². The number of esters is 1. The SMILES string of the molecule is CCCCCCCCCCCCCCCCCC(=O)N(C)CC(=O)OCC. The minimum absolute atomic E-state index is 0.0396. The summed E-state index contributed by atoms with van der Waals surface area (Å²) in [7, 11) is 1.67. The van der Waals surface area contributed by atoms with E-state index in [1.165, 1.54) is 88.4 Å². The molecule has 0 radical (unpaired) electrons. The van der Waals surface area contributed by atoms with Crippen molar-refractivity contribution in [1.82, 2.24) is 4.90 Å². The van der Waals surface area contributed by atoms with E-state index >= 15 is 0 Å². The van der Waals surface area contributed by atoms with Gasteiger partial charge in [0, 0.05) is 13.5 Å². The smallest absolute Gasteiger partial charge is 0.325 e. The lowest BCUT2D eigenvalue weighted by Crippen LogP contribution is -2.32. The van der Waals surface area contributed by atoms with Crippen molar-refractivity contribution < 1.29 is 14.3 Å². The molecule has 0 atom stereocenters. The van der Waals surface area contributed by atoms with Gasteiger partial charge in [-0.15, -0.1) is 0 Å². The predicted molar refractivity (Wildman–Crippen MR) is 114 cm³/mol. The molecule has 0 unspecified atom stereocenters. The first-order chi connectivity index (χ1) is 13.1. The summed E-state index contributed by atoms with van der Waals surface area (Å²) in [6.07, 6.45) is 20.4. The molecule has 1 amide bonds. The zero-order valence-electron chi connectivity index (χ0n) is 18.4. The monoisotopic (exact) mass is 383 g/mol. The van der Waals surface area contributed by atoms with Crippen LogP contribution in [0.15, 0.2) is 0 Å². The summed E-state index contributed by atoms with van der Waals surface area (Å²) >= 11 is 0. The summed E-state index contributed by atoms with van der Waals surface area (Å²) in [4.78, 5) is 24.8. The van der Waals surface area contributed by atoms with E-state index in [4.69, 9.17) is 4.74 Å². The van der Waals surface area contributed by atoms with Gasteiger partial charge in [0.05, 0.1) is 6.61 Å². The van der Waals surface area contributed by atoms with Crippen molar-refractivity contribution in [2.45, 2.75) is 117 Å². The van der Waals surface area contributed by atoms with Gasteiger partial charge in [0.25, 0.3) is 0 Å². The molecule has 0 saturated heterocycles. The van der Waals surface area contributed by atoms with Crippen LogP contribution in [-0.4, -0.2) is 37.0 Å². The van der Waals surface area contributed by atoms with Gasteiger partial charge in [-0.3, -0.25) is 9.59 Å². The van der Waals surface area contributed by atoms with Crippen LogP contribution in [0, 0.1) is 0 Å². The van der Waals surface area contributed by atoms with Crippen LogP contribution in [-0.2, 0) is 14.3 Å². The Bertz CT molecular complexity index is 358. The summed E-state index contributed by atoms with van der Waals surface area (Å²) < 4.78 is 4.86. The second-order valence-electron chi connectivity index (χ2n) is 7.75. The molecule has 0 aliphatic heterocycles. The van der Waals surface area contributed by atoms with Gasteiger partial charge in [0.2, 0.25) is 5.91 Å². The third-order valence-electron chi connectivity index (χ3n) is 5.09. The van der Waals surface area contributed by atoms with Crippen LogP contribution in [0.1, 0.15) is 117 Å². The fourth-order valence-corrected chi connectivity index (χ4v) is 3.33. The van der Waals surface area contributed by atoms with Crippen molar-refractivity contribution in [3.63, 3.8) is 0 Å². The van der Waals surface area contributed by atoms with Crippen molar-refractivity contribution in [2.75, 3.05) is 20.2 Å². The number of amides is 1. The molecule has 160 valence electrons. The predicted octanol–water partition coefficient (Wildman–Crippen LogP) is 6.27. The minimum atomic E-state index is -0.329. The second-order valence-corrected chi connectivity index (χ2v) is 7.75. The number of carbonyl (C=O) groups excluding carboxylic acids is 2. The molecule has 0 N–H and O–H groups in total. The van der Waals surface area contributed by atoms with Gasteiger partial charge in [0.1, 0.15) is 6.54 Å². The highest BCUT2D eigenvalue weighted by molar-refractivity contribution is 5.81. The number of hydrogen-bond acceptors (Lipinski definition) is 3.